The highest BCUT2D eigenvalue weighted by atomic mass is 32.2. The van der Waals surface area contributed by atoms with Gasteiger partial charge in [0, 0.05) is 12.6 Å². The molecule has 0 atom stereocenters. The van der Waals surface area contributed by atoms with Crippen molar-refractivity contribution in [3.05, 3.63) is 41.2 Å². The molecule has 0 unspecified atom stereocenters. The molecule has 0 fully saturated rings. The molecule has 8 heteroatoms. The quantitative estimate of drug-likeness (QED) is 0.651. The monoisotopic (exact) mass is 370 g/mol. The van der Waals surface area contributed by atoms with E-state index in [9.17, 15) is 4.79 Å². The van der Waals surface area contributed by atoms with Crippen LogP contribution >= 0.6 is 11.8 Å². The lowest BCUT2D eigenvalue weighted by Gasteiger charge is -2.04. The summed E-state index contributed by atoms with van der Waals surface area (Å²) >= 11 is 1.30. The van der Waals surface area contributed by atoms with Crippen LogP contribution < -0.4 is 5.32 Å². The normalized spacial score (nSPS) is 10.9. The van der Waals surface area contributed by atoms with Crippen LogP contribution in [0.5, 0.6) is 0 Å². The average molecular weight is 370 g/mol. The maximum absolute atomic E-state index is 12.2. The molecule has 2 aromatic heterocycles. The summed E-state index contributed by atoms with van der Waals surface area (Å²) in [6, 6.07) is 8.20. The second-order valence-corrected chi connectivity index (χ2v) is 6.97. The number of anilines is 1. The fourth-order valence-electron chi connectivity index (χ4n) is 2.60. The van der Waals surface area contributed by atoms with E-state index in [1.54, 1.807) is 4.68 Å². The largest absolute Gasteiger partial charge is 0.322 e. The van der Waals surface area contributed by atoms with Crippen LogP contribution in [0.15, 0.2) is 29.4 Å². The molecule has 1 aromatic carbocycles. The summed E-state index contributed by atoms with van der Waals surface area (Å²) in [6.45, 7) is 5.92. The minimum atomic E-state index is -0.104. The number of thioether (sulfide) groups is 1. The van der Waals surface area contributed by atoms with Gasteiger partial charge in [-0.3, -0.25) is 14.6 Å². The fraction of sp³-hybridized carbons (Fsp3) is 0.333. The van der Waals surface area contributed by atoms with Gasteiger partial charge in [0.15, 0.2) is 5.82 Å². The summed E-state index contributed by atoms with van der Waals surface area (Å²) < 4.78 is 1.75. The van der Waals surface area contributed by atoms with Crippen LogP contribution in [0, 0.1) is 13.8 Å². The highest BCUT2D eigenvalue weighted by molar-refractivity contribution is 7.99. The molecule has 2 N–H and O–H groups in total. The molecule has 2 heterocycles. The number of hydrogen-bond acceptors (Lipinski definition) is 5. The molecule has 0 aliphatic heterocycles. The first-order valence-corrected chi connectivity index (χ1v) is 9.41. The van der Waals surface area contributed by atoms with Crippen LogP contribution in [0.25, 0.3) is 11.4 Å². The number of aromatic amines is 1. The first-order valence-electron chi connectivity index (χ1n) is 8.42. The number of carbonyl (C=O) groups is 1. The standard InChI is InChI=1S/C18H22N6OS/c1-5-13-6-8-14(9-7-13)17-20-18(22-21-17)26-10-15(25)19-16-11(2)23-24(4)12(16)3/h6-9H,5,10H2,1-4H3,(H,19,25)(H,20,21,22). The Kier molecular flexibility index (Phi) is 5.41. The van der Waals surface area contributed by atoms with E-state index in [1.807, 2.05) is 33.0 Å². The lowest BCUT2D eigenvalue weighted by molar-refractivity contribution is -0.113. The molecule has 0 aliphatic carbocycles. The predicted octanol–water partition coefficient (Wildman–Crippen LogP) is 3.12. The molecule has 0 bridgehead atoms. The summed E-state index contributed by atoms with van der Waals surface area (Å²) in [5, 5.41) is 14.9. The van der Waals surface area contributed by atoms with Crippen molar-refractivity contribution in [2.24, 2.45) is 7.05 Å². The van der Waals surface area contributed by atoms with Crippen molar-refractivity contribution in [1.82, 2.24) is 25.0 Å². The summed E-state index contributed by atoms with van der Waals surface area (Å²) in [5.74, 6) is 0.835. The lowest BCUT2D eigenvalue weighted by Crippen LogP contribution is -2.15. The number of aryl methyl sites for hydroxylation is 3. The Balaban J connectivity index is 1.59. The lowest BCUT2D eigenvalue weighted by atomic mass is 10.1. The summed E-state index contributed by atoms with van der Waals surface area (Å²) in [7, 11) is 1.86. The number of nitrogens with one attached hydrogen (secondary N) is 2. The molecular formula is C18H22N6OS. The van der Waals surface area contributed by atoms with Crippen molar-refractivity contribution in [2.75, 3.05) is 11.1 Å². The third-order valence-electron chi connectivity index (χ3n) is 4.21. The summed E-state index contributed by atoms with van der Waals surface area (Å²) in [6.07, 6.45) is 1.00. The second kappa shape index (κ2) is 7.74. The van der Waals surface area contributed by atoms with Crippen LogP contribution in [0.4, 0.5) is 5.69 Å². The summed E-state index contributed by atoms with van der Waals surface area (Å²) in [4.78, 5) is 16.7. The SMILES string of the molecule is CCc1ccc(-c2nc(SCC(=O)Nc3c(C)nn(C)c3C)n[nH]2)cc1. The third kappa shape index (κ3) is 3.96. The average Bonchev–Trinajstić information content (AvgIpc) is 3.21. The molecule has 0 aliphatic rings. The zero-order valence-electron chi connectivity index (χ0n) is 15.3. The Bertz CT molecular complexity index is 912. The van der Waals surface area contributed by atoms with Gasteiger partial charge in [0.2, 0.25) is 11.1 Å². The van der Waals surface area contributed by atoms with E-state index < -0.39 is 0 Å². The molecule has 26 heavy (non-hydrogen) atoms. The Morgan fingerprint density at radius 2 is 2.00 bits per heavy atom. The number of benzene rings is 1. The molecule has 3 rings (SSSR count). The minimum absolute atomic E-state index is 0.104. The van der Waals surface area contributed by atoms with E-state index >= 15 is 0 Å². The first-order chi connectivity index (χ1) is 12.5. The molecule has 1 amide bonds. The smallest absolute Gasteiger partial charge is 0.234 e. The molecule has 0 spiro atoms. The van der Waals surface area contributed by atoms with E-state index in [0.29, 0.717) is 11.0 Å². The van der Waals surface area contributed by atoms with Crippen LogP contribution in [0.1, 0.15) is 23.9 Å². The number of rotatable bonds is 6. The molecule has 136 valence electrons. The zero-order valence-corrected chi connectivity index (χ0v) is 16.1. The Morgan fingerprint density at radius 1 is 1.27 bits per heavy atom. The molecule has 0 saturated carbocycles. The minimum Gasteiger partial charge on any atom is -0.322 e. The number of hydrogen-bond donors (Lipinski definition) is 2. The van der Waals surface area contributed by atoms with Crippen molar-refractivity contribution in [1.29, 1.82) is 0 Å². The van der Waals surface area contributed by atoms with E-state index in [1.165, 1.54) is 17.3 Å². The first kappa shape index (κ1) is 18.2. The number of aromatic nitrogens is 5. The van der Waals surface area contributed by atoms with E-state index in [4.69, 9.17) is 0 Å². The van der Waals surface area contributed by atoms with Gasteiger partial charge >= 0.3 is 0 Å². The number of amides is 1. The fourth-order valence-corrected chi connectivity index (χ4v) is 3.20. The van der Waals surface area contributed by atoms with Crippen LogP contribution in [0.3, 0.4) is 0 Å². The maximum atomic E-state index is 12.2. The highest BCUT2D eigenvalue weighted by Gasteiger charge is 2.14. The van der Waals surface area contributed by atoms with Gasteiger partial charge in [0.25, 0.3) is 0 Å². The Labute approximate surface area is 156 Å². The van der Waals surface area contributed by atoms with Crippen molar-refractivity contribution >= 4 is 23.4 Å². The van der Waals surface area contributed by atoms with Gasteiger partial charge in [-0.25, -0.2) is 4.98 Å². The number of H-pyrrole nitrogens is 1. The van der Waals surface area contributed by atoms with Crippen LogP contribution in [0.2, 0.25) is 0 Å². The number of nitrogens with zero attached hydrogens (tertiary/aromatic N) is 4. The number of carbonyl (C=O) groups excluding carboxylic acids is 1. The van der Waals surface area contributed by atoms with Crippen molar-refractivity contribution in [3.63, 3.8) is 0 Å². The maximum Gasteiger partial charge on any atom is 0.234 e. The van der Waals surface area contributed by atoms with Gasteiger partial charge < -0.3 is 5.32 Å². The van der Waals surface area contributed by atoms with Crippen molar-refractivity contribution in [3.8, 4) is 11.4 Å². The topological polar surface area (TPSA) is 88.5 Å². The molecule has 0 radical (unpaired) electrons. The Morgan fingerprint density at radius 3 is 2.62 bits per heavy atom. The van der Waals surface area contributed by atoms with Gasteiger partial charge in [-0.15, -0.1) is 5.10 Å². The summed E-state index contributed by atoms with van der Waals surface area (Å²) in [5.41, 5.74) is 4.76. The highest BCUT2D eigenvalue weighted by Crippen LogP contribution is 2.21. The molecule has 0 saturated heterocycles. The van der Waals surface area contributed by atoms with Gasteiger partial charge in [0.1, 0.15) is 0 Å². The van der Waals surface area contributed by atoms with E-state index in [-0.39, 0.29) is 11.7 Å². The van der Waals surface area contributed by atoms with Crippen LogP contribution in [-0.2, 0) is 18.3 Å². The van der Waals surface area contributed by atoms with Gasteiger partial charge in [-0.05, 0) is 25.8 Å². The zero-order chi connectivity index (χ0) is 18.7. The Hall–Kier alpha value is -2.61. The molecule has 7 nitrogen and oxygen atoms in total. The van der Waals surface area contributed by atoms with Crippen molar-refractivity contribution in [2.45, 2.75) is 32.3 Å². The van der Waals surface area contributed by atoms with Gasteiger partial charge in [-0.2, -0.15) is 5.10 Å². The van der Waals surface area contributed by atoms with Gasteiger partial charge in [0.05, 0.1) is 22.8 Å². The van der Waals surface area contributed by atoms with Crippen LogP contribution in [-0.4, -0.2) is 36.6 Å². The predicted molar refractivity (Wildman–Crippen MR) is 103 cm³/mol. The third-order valence-corrected chi connectivity index (χ3v) is 5.05. The van der Waals surface area contributed by atoms with Gasteiger partial charge in [-0.1, -0.05) is 43.0 Å². The molecular weight excluding hydrogens is 348 g/mol. The van der Waals surface area contributed by atoms with E-state index in [2.05, 4.69) is 44.7 Å². The van der Waals surface area contributed by atoms with Crippen molar-refractivity contribution < 1.29 is 4.79 Å². The second-order valence-electron chi connectivity index (χ2n) is 6.02. The van der Waals surface area contributed by atoms with E-state index in [0.717, 1.165) is 29.1 Å². The molecule has 3 aromatic rings.